The third-order valence-corrected chi connectivity index (χ3v) is 7.74. The van der Waals surface area contributed by atoms with Crippen LogP contribution in [-0.4, -0.2) is 71.6 Å². The molecule has 1 heterocycles. The van der Waals surface area contributed by atoms with E-state index in [2.05, 4.69) is 45.9 Å². The van der Waals surface area contributed by atoms with Gasteiger partial charge in [-0.15, -0.1) is 11.3 Å². The molecule has 228 valence electrons. The van der Waals surface area contributed by atoms with Crippen LogP contribution in [0.1, 0.15) is 37.7 Å². The summed E-state index contributed by atoms with van der Waals surface area (Å²) in [4.78, 5) is 40.1. The first-order valence-electron chi connectivity index (χ1n) is 14.4. The fraction of sp³-hybridized carbons (Fsp3) is 0.375. The van der Waals surface area contributed by atoms with Gasteiger partial charge >= 0.3 is 11.9 Å². The molecular formula is C32H37N3O7S. The van der Waals surface area contributed by atoms with E-state index in [9.17, 15) is 19.5 Å². The van der Waals surface area contributed by atoms with Crippen LogP contribution < -0.4 is 10.6 Å². The van der Waals surface area contributed by atoms with Gasteiger partial charge in [-0.1, -0.05) is 48.9 Å². The van der Waals surface area contributed by atoms with Gasteiger partial charge in [0.1, 0.15) is 6.61 Å². The van der Waals surface area contributed by atoms with Gasteiger partial charge in [0.15, 0.2) is 12.2 Å². The Morgan fingerprint density at radius 3 is 2.47 bits per heavy atom. The Labute approximate surface area is 254 Å². The predicted molar refractivity (Wildman–Crippen MR) is 167 cm³/mol. The molecule has 0 spiro atoms. The van der Waals surface area contributed by atoms with E-state index in [4.69, 9.17) is 14.6 Å². The van der Waals surface area contributed by atoms with Crippen LogP contribution in [-0.2, 0) is 30.3 Å². The van der Waals surface area contributed by atoms with Crippen LogP contribution in [0.25, 0.3) is 21.0 Å². The van der Waals surface area contributed by atoms with Crippen LogP contribution >= 0.6 is 11.3 Å². The molecule has 0 aliphatic carbocycles. The number of hydrogen-bond donors (Lipinski definition) is 4. The highest BCUT2D eigenvalue weighted by Crippen LogP contribution is 2.22. The molecule has 4 aromatic rings. The van der Waals surface area contributed by atoms with Crippen molar-refractivity contribution in [2.45, 2.75) is 50.7 Å². The fourth-order valence-electron chi connectivity index (χ4n) is 4.72. The Balaban J connectivity index is 1.20. The minimum atomic E-state index is -1.74. The minimum absolute atomic E-state index is 0.111. The Kier molecular flexibility index (Phi) is 12.3. The highest BCUT2D eigenvalue weighted by Gasteiger charge is 2.36. The molecule has 0 radical (unpaired) electrons. The smallest absolute Gasteiger partial charge is 0.336 e. The maximum atomic E-state index is 13.0. The first-order chi connectivity index (χ1) is 20.9. The molecule has 0 aliphatic rings. The largest absolute Gasteiger partial charge is 0.480 e. The van der Waals surface area contributed by atoms with Crippen molar-refractivity contribution < 1.29 is 34.1 Å². The second-order valence-electron chi connectivity index (χ2n) is 10.2. The highest BCUT2D eigenvalue weighted by molar-refractivity contribution is 7.16. The monoisotopic (exact) mass is 607 g/mol. The highest BCUT2D eigenvalue weighted by atomic mass is 32.1. The van der Waals surface area contributed by atoms with E-state index in [1.165, 1.54) is 16.3 Å². The molecule has 4 N–H and O–H groups in total. The molecule has 1 amide bonds. The Morgan fingerprint density at radius 2 is 1.65 bits per heavy atom. The van der Waals surface area contributed by atoms with Crippen molar-refractivity contribution >= 4 is 55.9 Å². The molecule has 3 aromatic carbocycles. The van der Waals surface area contributed by atoms with Crippen molar-refractivity contribution in [1.82, 2.24) is 10.3 Å². The van der Waals surface area contributed by atoms with Gasteiger partial charge in [-0.25, -0.2) is 14.6 Å². The maximum absolute atomic E-state index is 13.0. The number of aliphatic carboxylic acids is 2. The van der Waals surface area contributed by atoms with Crippen molar-refractivity contribution in [3.8, 4) is 0 Å². The van der Waals surface area contributed by atoms with Gasteiger partial charge in [0, 0.05) is 25.4 Å². The van der Waals surface area contributed by atoms with Crippen molar-refractivity contribution in [3.05, 3.63) is 71.7 Å². The molecule has 0 aliphatic heterocycles. The van der Waals surface area contributed by atoms with E-state index in [1.807, 2.05) is 30.3 Å². The van der Waals surface area contributed by atoms with Gasteiger partial charge in [0.05, 0.1) is 15.7 Å². The average molecular weight is 608 g/mol. The summed E-state index contributed by atoms with van der Waals surface area (Å²) in [5.74, 6) is -3.43. The number of hydrogen-bond acceptors (Lipinski definition) is 8. The number of fused-ring (bicyclic) bond motifs is 2. The first kappa shape index (κ1) is 31.9. The molecular weight excluding hydrogens is 570 g/mol. The Hall–Kier alpha value is -4.06. The quantitative estimate of drug-likeness (QED) is 0.107. The number of unbranched alkanes of at least 4 members (excludes halogenated alkanes) is 3. The van der Waals surface area contributed by atoms with Gasteiger partial charge < -0.3 is 30.3 Å². The predicted octanol–water partition coefficient (Wildman–Crippen LogP) is 5.11. The number of benzene rings is 3. The van der Waals surface area contributed by atoms with E-state index in [1.54, 1.807) is 16.8 Å². The van der Waals surface area contributed by atoms with Crippen LogP contribution in [0.5, 0.6) is 0 Å². The summed E-state index contributed by atoms with van der Waals surface area (Å²) in [6.45, 7) is 0.254. The van der Waals surface area contributed by atoms with Crippen molar-refractivity contribution in [1.29, 1.82) is 0 Å². The number of carbonyl (C=O) groups excluding carboxylic acids is 1. The summed E-state index contributed by atoms with van der Waals surface area (Å²) in [6.07, 6.45) is 1.49. The zero-order valence-corrected chi connectivity index (χ0v) is 24.7. The maximum Gasteiger partial charge on any atom is 0.336 e. The molecule has 1 aromatic heterocycles. The number of nitrogens with one attached hydrogen (secondary N) is 2. The number of anilines is 1. The van der Waals surface area contributed by atoms with Crippen molar-refractivity contribution in [2.75, 3.05) is 31.6 Å². The number of nitrogens with zero attached hydrogens (tertiary/aromatic N) is 1. The second-order valence-corrected chi connectivity index (χ2v) is 11.1. The van der Waals surface area contributed by atoms with Crippen LogP contribution in [0.3, 0.4) is 0 Å². The Bertz CT molecular complexity index is 1510. The minimum Gasteiger partial charge on any atom is -0.480 e. The molecule has 43 heavy (non-hydrogen) atoms. The van der Waals surface area contributed by atoms with E-state index in [0.29, 0.717) is 32.4 Å². The molecule has 0 saturated heterocycles. The van der Waals surface area contributed by atoms with Gasteiger partial charge in [-0.3, -0.25) is 4.79 Å². The molecule has 2 unspecified atom stereocenters. The summed E-state index contributed by atoms with van der Waals surface area (Å²) < 4.78 is 11.8. The zero-order chi connectivity index (χ0) is 30.4. The topological polar surface area (TPSA) is 147 Å². The lowest BCUT2D eigenvalue weighted by atomic mass is 10.0. The standard InChI is InChI=1S/C32H37N3O7S/c36-28(37)20-42-30(32(39)40)29(41-17-7-6-15-33-25-13-14-26-27(19-25)43-21-35-26)31(38)34-16-5-1-2-8-22-11-12-23-9-3-4-10-24(23)18-22/h3-4,9-14,18-19,21,29-30,33H,1-2,5-8,15-17,20H2,(H,34,38)(H,36,37)(H,39,40). The van der Waals surface area contributed by atoms with Gasteiger partial charge in [-0.2, -0.15) is 0 Å². The van der Waals surface area contributed by atoms with Gasteiger partial charge in [0.2, 0.25) is 0 Å². The van der Waals surface area contributed by atoms with Crippen LogP contribution in [0.15, 0.2) is 66.2 Å². The molecule has 11 heteroatoms. The van der Waals surface area contributed by atoms with Crippen molar-refractivity contribution in [2.24, 2.45) is 0 Å². The summed E-state index contributed by atoms with van der Waals surface area (Å²) in [5.41, 5.74) is 4.98. The number of rotatable bonds is 19. The lowest BCUT2D eigenvalue weighted by Crippen LogP contribution is -2.49. The van der Waals surface area contributed by atoms with E-state index in [-0.39, 0.29) is 6.61 Å². The number of carbonyl (C=O) groups is 3. The lowest BCUT2D eigenvalue weighted by molar-refractivity contribution is -0.172. The number of ether oxygens (including phenoxy) is 2. The van der Waals surface area contributed by atoms with Crippen LogP contribution in [0.2, 0.25) is 0 Å². The molecule has 4 rings (SSSR count). The fourth-order valence-corrected chi connectivity index (χ4v) is 5.44. The third-order valence-electron chi connectivity index (χ3n) is 6.95. The average Bonchev–Trinajstić information content (AvgIpc) is 3.47. The summed E-state index contributed by atoms with van der Waals surface area (Å²) >= 11 is 1.57. The number of thiazole rings is 1. The lowest BCUT2D eigenvalue weighted by Gasteiger charge is -2.23. The summed E-state index contributed by atoms with van der Waals surface area (Å²) in [7, 11) is 0. The number of aryl methyl sites for hydroxylation is 1. The van der Waals surface area contributed by atoms with E-state index < -0.39 is 36.7 Å². The summed E-state index contributed by atoms with van der Waals surface area (Å²) in [5, 5.41) is 27.1. The molecule has 0 fully saturated rings. The number of amides is 1. The normalized spacial score (nSPS) is 12.7. The van der Waals surface area contributed by atoms with E-state index in [0.717, 1.165) is 35.2 Å². The zero-order valence-electron chi connectivity index (χ0n) is 23.9. The van der Waals surface area contributed by atoms with Crippen molar-refractivity contribution in [3.63, 3.8) is 0 Å². The number of aromatic nitrogens is 1. The molecule has 10 nitrogen and oxygen atoms in total. The summed E-state index contributed by atoms with van der Waals surface area (Å²) in [6, 6.07) is 20.6. The first-order valence-corrected chi connectivity index (χ1v) is 15.3. The third kappa shape index (κ3) is 10.0. The number of carboxylic acid groups (broad SMARTS) is 2. The van der Waals surface area contributed by atoms with Gasteiger partial charge in [0.25, 0.3) is 5.91 Å². The molecule has 2 atom stereocenters. The SMILES string of the molecule is O=C(O)COC(C(=O)O)C(OCCCCNc1ccc2ncsc2c1)C(=O)NCCCCCc1ccc2ccccc2c1. The van der Waals surface area contributed by atoms with Gasteiger partial charge in [-0.05, 0) is 66.6 Å². The Morgan fingerprint density at radius 1 is 0.837 bits per heavy atom. The second kappa shape index (κ2) is 16.5. The van der Waals surface area contributed by atoms with E-state index >= 15 is 0 Å². The molecule has 0 bridgehead atoms. The van der Waals surface area contributed by atoms with Crippen LogP contribution in [0, 0.1) is 0 Å². The number of carboxylic acids is 2. The van der Waals surface area contributed by atoms with Crippen LogP contribution in [0.4, 0.5) is 5.69 Å². The molecule has 0 saturated carbocycles.